The molecule has 12 heavy (non-hydrogen) atoms. The molecule has 0 amide bonds. The van der Waals surface area contributed by atoms with Gasteiger partial charge >= 0.3 is 5.97 Å². The quantitative estimate of drug-likeness (QED) is 0.464. The maximum atomic E-state index is 11.2. The molecule has 0 heterocycles. The summed E-state index contributed by atoms with van der Waals surface area (Å²) in [6, 6.07) is 0. The Hall–Kier alpha value is -0.970. The first-order valence-electron chi connectivity index (χ1n) is 3.99. The van der Waals surface area contributed by atoms with E-state index in [4.69, 9.17) is 11.2 Å². The van der Waals surface area contributed by atoms with Crippen molar-refractivity contribution in [3.05, 3.63) is 0 Å². The van der Waals surface area contributed by atoms with Crippen LogP contribution in [0.1, 0.15) is 27.7 Å². The molecule has 0 aromatic rings. The van der Waals surface area contributed by atoms with Gasteiger partial charge in [-0.15, -0.1) is 6.42 Å². The number of carbonyl (C=O) groups is 1. The molecule has 0 aliphatic heterocycles. The molecule has 0 saturated heterocycles. The van der Waals surface area contributed by atoms with Crippen LogP contribution in [0.25, 0.3) is 0 Å². The van der Waals surface area contributed by atoms with E-state index in [2.05, 4.69) is 5.92 Å². The molecule has 0 aliphatic carbocycles. The molecule has 0 aromatic heterocycles. The van der Waals surface area contributed by atoms with Crippen LogP contribution in [0.3, 0.4) is 0 Å². The molecule has 68 valence electrons. The second-order valence-electron chi connectivity index (χ2n) is 3.90. The van der Waals surface area contributed by atoms with E-state index in [0.717, 1.165) is 0 Å². The van der Waals surface area contributed by atoms with Crippen LogP contribution >= 0.6 is 0 Å². The van der Waals surface area contributed by atoms with E-state index >= 15 is 0 Å². The Morgan fingerprint density at radius 1 is 1.58 bits per heavy atom. The van der Waals surface area contributed by atoms with Gasteiger partial charge in [0.2, 0.25) is 0 Å². The van der Waals surface area contributed by atoms with Gasteiger partial charge in [-0.25, -0.2) is 0 Å². The third kappa shape index (κ3) is 3.43. The topological polar surface area (TPSA) is 26.3 Å². The summed E-state index contributed by atoms with van der Waals surface area (Å²) in [4.78, 5) is 11.2. The van der Waals surface area contributed by atoms with E-state index in [0.29, 0.717) is 0 Å². The van der Waals surface area contributed by atoms with Gasteiger partial charge in [-0.1, -0.05) is 33.6 Å². The molecule has 2 nitrogen and oxygen atoms in total. The van der Waals surface area contributed by atoms with Crippen LogP contribution in [0.5, 0.6) is 0 Å². The van der Waals surface area contributed by atoms with Crippen LogP contribution in [0.4, 0.5) is 0 Å². The van der Waals surface area contributed by atoms with E-state index in [1.807, 2.05) is 27.7 Å². The van der Waals surface area contributed by atoms with Crippen molar-refractivity contribution in [2.45, 2.75) is 27.7 Å². The molecule has 0 rings (SSSR count). The van der Waals surface area contributed by atoms with Gasteiger partial charge in [-0.05, 0) is 5.41 Å². The smallest absolute Gasteiger partial charge is 0.310 e. The lowest BCUT2D eigenvalue weighted by atomic mass is 9.82. The fraction of sp³-hybridized carbons (Fsp3) is 0.700. The molecular weight excluding hydrogens is 152 g/mol. The summed E-state index contributed by atoms with van der Waals surface area (Å²) in [6.07, 6.45) is 4.96. The zero-order chi connectivity index (χ0) is 9.78. The van der Waals surface area contributed by atoms with E-state index < -0.39 is 0 Å². The fourth-order valence-electron chi connectivity index (χ4n) is 0.591. The third-order valence-corrected chi connectivity index (χ3v) is 1.95. The molecule has 1 unspecified atom stereocenters. The van der Waals surface area contributed by atoms with Crippen LogP contribution in [0.2, 0.25) is 0 Å². The summed E-state index contributed by atoms with van der Waals surface area (Å²) in [6.45, 7) is 7.90. The molecule has 0 radical (unpaired) electrons. The zero-order valence-corrected chi connectivity index (χ0v) is 8.18. The highest BCUT2D eigenvalue weighted by Crippen LogP contribution is 2.26. The fourth-order valence-corrected chi connectivity index (χ4v) is 0.591. The zero-order valence-electron chi connectivity index (χ0n) is 8.18. The maximum Gasteiger partial charge on any atom is 0.310 e. The van der Waals surface area contributed by atoms with E-state index in [1.54, 1.807) is 0 Å². The Labute approximate surface area is 74.3 Å². The second kappa shape index (κ2) is 4.15. The molecule has 0 aliphatic rings. The van der Waals surface area contributed by atoms with Gasteiger partial charge in [0.15, 0.2) is 6.61 Å². The van der Waals surface area contributed by atoms with Crippen LogP contribution in [0.15, 0.2) is 0 Å². The Bertz CT molecular complexity index is 193. The highest BCUT2D eigenvalue weighted by Gasteiger charge is 2.27. The molecule has 0 saturated carbocycles. The first-order chi connectivity index (χ1) is 5.39. The molecule has 0 N–H and O–H groups in total. The third-order valence-electron chi connectivity index (χ3n) is 1.95. The van der Waals surface area contributed by atoms with Gasteiger partial charge < -0.3 is 4.74 Å². The average Bonchev–Trinajstić information content (AvgIpc) is 1.97. The Balaban J connectivity index is 4.04. The lowest BCUT2D eigenvalue weighted by Gasteiger charge is -2.24. The molecule has 1 atom stereocenters. The monoisotopic (exact) mass is 168 g/mol. The minimum Gasteiger partial charge on any atom is -0.452 e. The number of hydrogen-bond donors (Lipinski definition) is 0. The van der Waals surface area contributed by atoms with E-state index in [1.165, 1.54) is 0 Å². The molecule has 0 fully saturated rings. The molecular formula is C10H16O2. The lowest BCUT2D eigenvalue weighted by Crippen LogP contribution is -2.27. The Morgan fingerprint density at radius 2 is 2.08 bits per heavy atom. The maximum absolute atomic E-state index is 11.2. The van der Waals surface area contributed by atoms with E-state index in [9.17, 15) is 4.79 Å². The molecule has 0 aromatic carbocycles. The average molecular weight is 168 g/mol. The SMILES string of the molecule is C#CCOC(=O)C(C)C(C)(C)C. The Morgan fingerprint density at radius 3 is 2.42 bits per heavy atom. The summed E-state index contributed by atoms with van der Waals surface area (Å²) < 4.78 is 4.80. The summed E-state index contributed by atoms with van der Waals surface area (Å²) in [5.41, 5.74) is -0.0638. The molecule has 0 spiro atoms. The van der Waals surface area contributed by atoms with Crippen molar-refractivity contribution >= 4 is 5.97 Å². The number of carbonyl (C=O) groups excluding carboxylic acids is 1. The van der Waals surface area contributed by atoms with Gasteiger partial charge in [-0.2, -0.15) is 0 Å². The first kappa shape index (κ1) is 11.0. The normalized spacial score (nSPS) is 13.2. The summed E-state index contributed by atoms with van der Waals surface area (Å²) in [7, 11) is 0. The van der Waals surface area contributed by atoms with Crippen LogP contribution < -0.4 is 0 Å². The van der Waals surface area contributed by atoms with Crippen molar-refractivity contribution in [1.29, 1.82) is 0 Å². The summed E-state index contributed by atoms with van der Waals surface area (Å²) in [5.74, 6) is 1.92. The number of esters is 1. The summed E-state index contributed by atoms with van der Waals surface area (Å²) in [5, 5.41) is 0. The summed E-state index contributed by atoms with van der Waals surface area (Å²) >= 11 is 0. The predicted octanol–water partition coefficient (Wildman–Crippen LogP) is 1.84. The van der Waals surface area contributed by atoms with Gasteiger partial charge in [0, 0.05) is 0 Å². The largest absolute Gasteiger partial charge is 0.452 e. The molecule has 0 bridgehead atoms. The van der Waals surface area contributed by atoms with Crippen LogP contribution in [0, 0.1) is 23.7 Å². The van der Waals surface area contributed by atoms with Crippen LogP contribution in [-0.2, 0) is 9.53 Å². The van der Waals surface area contributed by atoms with Gasteiger partial charge in [0.25, 0.3) is 0 Å². The van der Waals surface area contributed by atoms with Crippen molar-refractivity contribution in [2.75, 3.05) is 6.61 Å². The van der Waals surface area contributed by atoms with Crippen molar-refractivity contribution in [3.8, 4) is 12.3 Å². The van der Waals surface area contributed by atoms with Crippen molar-refractivity contribution in [2.24, 2.45) is 11.3 Å². The van der Waals surface area contributed by atoms with Gasteiger partial charge in [0.1, 0.15) is 0 Å². The number of rotatable bonds is 2. The Kier molecular flexibility index (Phi) is 3.82. The van der Waals surface area contributed by atoms with Gasteiger partial charge in [-0.3, -0.25) is 4.79 Å². The van der Waals surface area contributed by atoms with Gasteiger partial charge in [0.05, 0.1) is 5.92 Å². The minimum atomic E-state index is -0.222. The first-order valence-corrected chi connectivity index (χ1v) is 3.99. The van der Waals surface area contributed by atoms with Crippen molar-refractivity contribution in [3.63, 3.8) is 0 Å². The highest BCUT2D eigenvalue weighted by molar-refractivity contribution is 5.72. The number of ether oxygens (including phenoxy) is 1. The van der Waals surface area contributed by atoms with Crippen molar-refractivity contribution < 1.29 is 9.53 Å². The van der Waals surface area contributed by atoms with Crippen molar-refractivity contribution in [1.82, 2.24) is 0 Å². The lowest BCUT2D eigenvalue weighted by molar-refractivity contribution is -0.149. The minimum absolute atomic E-state index is 0.0638. The van der Waals surface area contributed by atoms with Crippen LogP contribution in [-0.4, -0.2) is 12.6 Å². The number of terminal acetylenes is 1. The number of hydrogen-bond acceptors (Lipinski definition) is 2. The predicted molar refractivity (Wildman–Crippen MR) is 48.4 cm³/mol. The second-order valence-corrected chi connectivity index (χ2v) is 3.90. The molecule has 2 heteroatoms. The van der Waals surface area contributed by atoms with E-state index in [-0.39, 0.29) is 23.9 Å². The standard InChI is InChI=1S/C10H16O2/c1-6-7-12-9(11)8(2)10(3,4)5/h1,8H,7H2,2-5H3. The highest BCUT2D eigenvalue weighted by atomic mass is 16.5.